The van der Waals surface area contributed by atoms with Gasteiger partial charge in [0.2, 0.25) is 0 Å². The van der Waals surface area contributed by atoms with Crippen molar-refractivity contribution >= 4 is 17.9 Å². The van der Waals surface area contributed by atoms with Gasteiger partial charge in [-0.3, -0.25) is 14.4 Å². The molecule has 0 heterocycles. The molecule has 0 aliphatic rings. The maximum absolute atomic E-state index is 13.0. The zero-order valence-corrected chi connectivity index (χ0v) is 50.6. The van der Waals surface area contributed by atoms with Crippen LogP contribution in [0.25, 0.3) is 0 Å². The third kappa shape index (κ3) is 43.7. The van der Waals surface area contributed by atoms with Crippen molar-refractivity contribution in [2.75, 3.05) is 55.9 Å². The first kappa shape index (κ1) is 73.2. The highest BCUT2D eigenvalue weighted by Gasteiger charge is 2.23. The first-order chi connectivity index (χ1) is 36.7. The first-order valence-corrected chi connectivity index (χ1v) is 31.3. The Hall–Kier alpha value is -1.83. The van der Waals surface area contributed by atoms with E-state index in [0.29, 0.717) is 12.8 Å². The van der Waals surface area contributed by atoms with Crippen molar-refractivity contribution in [1.82, 2.24) is 0 Å². The van der Waals surface area contributed by atoms with E-state index in [9.17, 15) is 14.4 Å². The fourth-order valence-corrected chi connectivity index (χ4v) is 10.4. The molecule has 0 aliphatic heterocycles. The molecule has 12 nitrogen and oxygen atoms in total. The van der Waals surface area contributed by atoms with Crippen molar-refractivity contribution in [1.29, 1.82) is 0 Å². The van der Waals surface area contributed by atoms with Gasteiger partial charge < -0.3 is 42.6 Å². The molecule has 0 saturated carbocycles. The summed E-state index contributed by atoms with van der Waals surface area (Å²) in [5.74, 6) is -1.00. The minimum absolute atomic E-state index is 0.123. The third-order valence-corrected chi connectivity index (χ3v) is 15.4. The zero-order chi connectivity index (χ0) is 55.3. The largest absolute Gasteiger partial charge is 0.462 e. The summed E-state index contributed by atoms with van der Waals surface area (Å²) in [6.45, 7) is 6.48. The molecule has 446 valence electrons. The Labute approximate surface area is 462 Å². The molecule has 0 aliphatic carbocycles. The Kier molecular flexibility index (Phi) is 54.1. The van der Waals surface area contributed by atoms with Gasteiger partial charge in [0, 0.05) is 61.9 Å². The number of unbranched alkanes of at least 4 members (excludes halogenated alkanes) is 27. The average molecular weight is 1070 g/mol. The highest BCUT2D eigenvalue weighted by atomic mass is 16.6. The maximum atomic E-state index is 13.0. The molecule has 0 amide bonds. The Bertz CT molecular complexity index is 1170. The van der Waals surface area contributed by atoms with Gasteiger partial charge in [-0.2, -0.15) is 0 Å². The summed E-state index contributed by atoms with van der Waals surface area (Å²) in [6.07, 6.45) is 43.9. The van der Waals surface area contributed by atoms with Gasteiger partial charge in [-0.15, -0.1) is 0 Å². The molecule has 0 N–H and O–H groups in total. The molecule has 0 spiro atoms. The number of carbonyl (C=O) groups excluding carboxylic acids is 3. The van der Waals surface area contributed by atoms with Crippen LogP contribution in [0, 0.1) is 0 Å². The lowest BCUT2D eigenvalue weighted by Crippen LogP contribution is -2.30. The lowest BCUT2D eigenvalue weighted by Gasteiger charge is -2.25. The summed E-state index contributed by atoms with van der Waals surface area (Å²) in [5.41, 5.74) is 0. The molecular weight excluding hydrogens is 949 g/mol. The summed E-state index contributed by atoms with van der Waals surface area (Å²) in [6, 6.07) is 0. The van der Waals surface area contributed by atoms with Gasteiger partial charge in [0.25, 0.3) is 0 Å². The van der Waals surface area contributed by atoms with Crippen LogP contribution in [0.1, 0.15) is 290 Å². The zero-order valence-electron chi connectivity index (χ0n) is 50.6. The van der Waals surface area contributed by atoms with Gasteiger partial charge in [-0.05, 0) is 57.8 Å². The second kappa shape index (κ2) is 55.5. The second-order valence-corrected chi connectivity index (χ2v) is 21.7. The van der Waals surface area contributed by atoms with Gasteiger partial charge in [0.1, 0.15) is 13.2 Å². The van der Waals surface area contributed by atoms with Gasteiger partial charge in [0.15, 0.2) is 6.10 Å². The monoisotopic (exact) mass is 1070 g/mol. The Morgan fingerprint density at radius 3 is 0.693 bits per heavy atom. The highest BCUT2D eigenvalue weighted by Crippen LogP contribution is 2.23. The van der Waals surface area contributed by atoms with Crippen molar-refractivity contribution in [3.63, 3.8) is 0 Å². The number of hydrogen-bond donors (Lipinski definition) is 0. The predicted octanol–water partition coefficient (Wildman–Crippen LogP) is 16.5. The number of ether oxygens (including phenoxy) is 9. The van der Waals surface area contributed by atoms with E-state index >= 15 is 0 Å². The lowest BCUT2D eigenvalue weighted by molar-refractivity contribution is -0.167. The van der Waals surface area contributed by atoms with Crippen LogP contribution in [0.5, 0.6) is 0 Å². The van der Waals surface area contributed by atoms with Crippen molar-refractivity contribution in [2.24, 2.45) is 0 Å². The van der Waals surface area contributed by atoms with Crippen molar-refractivity contribution in [3.8, 4) is 0 Å². The van der Waals surface area contributed by atoms with E-state index in [0.717, 1.165) is 154 Å². The van der Waals surface area contributed by atoms with Crippen LogP contribution >= 0.6 is 0 Å². The topological polar surface area (TPSA) is 134 Å². The van der Waals surface area contributed by atoms with Crippen molar-refractivity contribution in [3.05, 3.63) is 0 Å². The molecule has 0 bridgehead atoms. The molecule has 75 heavy (non-hydrogen) atoms. The minimum Gasteiger partial charge on any atom is -0.462 e. The van der Waals surface area contributed by atoms with Gasteiger partial charge in [-0.1, -0.05) is 213 Å². The minimum atomic E-state index is -0.837. The molecule has 12 heteroatoms. The molecule has 0 saturated heterocycles. The van der Waals surface area contributed by atoms with Crippen molar-refractivity contribution in [2.45, 2.75) is 333 Å². The fourth-order valence-electron chi connectivity index (χ4n) is 10.4. The van der Waals surface area contributed by atoms with Gasteiger partial charge in [-0.25, -0.2) is 0 Å². The van der Waals surface area contributed by atoms with Gasteiger partial charge >= 0.3 is 17.9 Å². The van der Waals surface area contributed by atoms with E-state index in [2.05, 4.69) is 20.8 Å². The van der Waals surface area contributed by atoms with E-state index in [1.165, 1.54) is 96.3 Å². The van der Waals surface area contributed by atoms with Gasteiger partial charge in [0.05, 0.1) is 36.6 Å². The van der Waals surface area contributed by atoms with Crippen LogP contribution < -0.4 is 0 Å². The normalized spacial score (nSPS) is 14.5. The molecule has 6 atom stereocenters. The fraction of sp³-hybridized carbons (Fsp3) is 0.952. The van der Waals surface area contributed by atoms with E-state index in [1.54, 1.807) is 42.7 Å². The third-order valence-electron chi connectivity index (χ3n) is 15.4. The highest BCUT2D eigenvalue weighted by molar-refractivity contribution is 5.71. The van der Waals surface area contributed by atoms with Crippen LogP contribution in [-0.2, 0) is 57.0 Å². The number of methoxy groups -OCH3 is 6. The molecule has 0 aromatic rings. The summed E-state index contributed by atoms with van der Waals surface area (Å²) >= 11 is 0. The molecule has 0 aromatic heterocycles. The maximum Gasteiger partial charge on any atom is 0.306 e. The van der Waals surface area contributed by atoms with Crippen molar-refractivity contribution < 1.29 is 57.0 Å². The molecule has 0 radical (unpaired) electrons. The summed E-state index contributed by atoms with van der Waals surface area (Å²) in [5, 5.41) is 0. The standard InChI is InChI=1S/C63H122O12/c1-10-13-16-25-34-43-55(67-4)58(70-7)46-37-28-19-22-31-40-49-61(64)73-52-54(75-63(66)51-42-33-24-21-30-39-48-60(72-9)57(69-6)45-36-27-18-15-12-3)53-74-62(65)50-41-32-23-20-29-38-47-59(71-8)56(68-5)44-35-26-17-14-11-2/h54-60H,10-53H2,1-9H3. The van der Waals surface area contributed by atoms with E-state index in [-0.39, 0.29) is 74.2 Å². The quantitative estimate of drug-likeness (QED) is 0.0326. The predicted molar refractivity (Wildman–Crippen MR) is 308 cm³/mol. The average Bonchev–Trinajstić information content (AvgIpc) is 3.42. The number of hydrogen-bond acceptors (Lipinski definition) is 12. The number of rotatable bonds is 59. The molecule has 0 aromatic carbocycles. The Balaban J connectivity index is 4.83. The number of carbonyl (C=O) groups is 3. The molecular formula is C63H122O12. The van der Waals surface area contributed by atoms with Crippen LogP contribution in [0.2, 0.25) is 0 Å². The first-order valence-electron chi connectivity index (χ1n) is 31.3. The second-order valence-electron chi connectivity index (χ2n) is 21.7. The lowest BCUT2D eigenvalue weighted by atomic mass is 9.99. The van der Waals surface area contributed by atoms with E-state index in [4.69, 9.17) is 42.6 Å². The van der Waals surface area contributed by atoms with Crippen LogP contribution in [0.3, 0.4) is 0 Å². The van der Waals surface area contributed by atoms with Crippen LogP contribution in [0.15, 0.2) is 0 Å². The van der Waals surface area contributed by atoms with E-state index in [1.807, 2.05) is 0 Å². The summed E-state index contributed by atoms with van der Waals surface area (Å²) in [4.78, 5) is 38.7. The number of esters is 3. The summed E-state index contributed by atoms with van der Waals surface area (Å²) < 4.78 is 51.9. The van der Waals surface area contributed by atoms with Crippen LogP contribution in [-0.4, -0.2) is 117 Å². The molecule has 0 fully saturated rings. The Morgan fingerprint density at radius 2 is 0.467 bits per heavy atom. The smallest absolute Gasteiger partial charge is 0.306 e. The molecule has 0 rings (SSSR count). The van der Waals surface area contributed by atoms with E-state index < -0.39 is 6.10 Å². The Morgan fingerprint density at radius 1 is 0.267 bits per heavy atom. The van der Waals surface area contributed by atoms with Crippen LogP contribution in [0.4, 0.5) is 0 Å². The summed E-state index contributed by atoms with van der Waals surface area (Å²) in [7, 11) is 10.8. The SMILES string of the molecule is CCCCCCCC(OC)C(CCCCCCCCC(=O)OCC(COC(=O)CCCCCCCCC(OC)C(CCCCCCC)OC)OC(=O)CCCCCCCCC(OC)C(CCCCCCC)OC)OC. The molecule has 6 unspecified atom stereocenters.